The number of morpholine rings is 1. The van der Waals surface area contributed by atoms with Gasteiger partial charge in [-0.3, -0.25) is 4.90 Å². The van der Waals surface area contributed by atoms with E-state index in [1.807, 2.05) is 41.1 Å². The van der Waals surface area contributed by atoms with E-state index < -0.39 is 0 Å². The highest BCUT2D eigenvalue weighted by Crippen LogP contribution is 2.34. The van der Waals surface area contributed by atoms with Crippen LogP contribution in [0.2, 0.25) is 0 Å². The molecule has 0 radical (unpaired) electrons. The van der Waals surface area contributed by atoms with Gasteiger partial charge in [-0.15, -0.1) is 5.10 Å². The Morgan fingerprint density at radius 2 is 1.76 bits per heavy atom. The summed E-state index contributed by atoms with van der Waals surface area (Å²) >= 11 is 0. The third-order valence-electron chi connectivity index (χ3n) is 5.11. The van der Waals surface area contributed by atoms with Crippen LogP contribution in [0.1, 0.15) is 23.0 Å². The van der Waals surface area contributed by atoms with Crippen molar-refractivity contribution in [1.29, 1.82) is 0 Å². The summed E-state index contributed by atoms with van der Waals surface area (Å²) < 4.78 is 18.4. The van der Waals surface area contributed by atoms with Crippen molar-refractivity contribution in [3.8, 4) is 11.5 Å². The van der Waals surface area contributed by atoms with Crippen LogP contribution in [-0.2, 0) is 11.3 Å². The number of hydrogen-bond donors (Lipinski definition) is 0. The second-order valence-corrected chi connectivity index (χ2v) is 6.85. The van der Waals surface area contributed by atoms with Gasteiger partial charge in [0.1, 0.15) is 0 Å². The molecule has 3 aromatic rings. The van der Waals surface area contributed by atoms with E-state index in [4.69, 9.17) is 14.2 Å². The normalized spacial score (nSPS) is 15.8. The van der Waals surface area contributed by atoms with Crippen molar-refractivity contribution >= 4 is 0 Å². The lowest BCUT2D eigenvalue weighted by Gasteiger charge is -2.34. The lowest BCUT2D eigenvalue weighted by Crippen LogP contribution is -2.40. The SMILES string of the molecule is COc1ccc([C@H](c2nnnn2Cc2ccccc2)N2CCOCC2)cc1OC. The number of benzene rings is 2. The van der Waals surface area contributed by atoms with Gasteiger partial charge in [-0.1, -0.05) is 36.4 Å². The molecule has 0 unspecified atom stereocenters. The van der Waals surface area contributed by atoms with Crippen LogP contribution < -0.4 is 9.47 Å². The molecule has 2 heterocycles. The van der Waals surface area contributed by atoms with E-state index in [1.165, 1.54) is 0 Å². The fourth-order valence-corrected chi connectivity index (χ4v) is 3.66. The third-order valence-corrected chi connectivity index (χ3v) is 5.11. The molecule has 8 nitrogen and oxygen atoms in total. The van der Waals surface area contributed by atoms with E-state index in [0.717, 1.165) is 30.0 Å². The van der Waals surface area contributed by atoms with Gasteiger partial charge in [0.05, 0.1) is 40.0 Å². The number of rotatable bonds is 7. The second kappa shape index (κ2) is 9.02. The zero-order valence-electron chi connectivity index (χ0n) is 16.7. The molecule has 1 saturated heterocycles. The fraction of sp³-hybridized carbons (Fsp3) is 0.381. The molecule has 8 heteroatoms. The molecule has 1 aliphatic rings. The van der Waals surface area contributed by atoms with Crippen molar-refractivity contribution in [2.75, 3.05) is 40.5 Å². The van der Waals surface area contributed by atoms with E-state index in [2.05, 4.69) is 32.6 Å². The summed E-state index contributed by atoms with van der Waals surface area (Å²) in [5.41, 5.74) is 2.20. The minimum atomic E-state index is -0.114. The van der Waals surface area contributed by atoms with E-state index >= 15 is 0 Å². The Labute approximate surface area is 170 Å². The number of tetrazole rings is 1. The summed E-state index contributed by atoms with van der Waals surface area (Å²) in [6.07, 6.45) is 0. The quantitative estimate of drug-likeness (QED) is 0.607. The van der Waals surface area contributed by atoms with Crippen molar-refractivity contribution in [2.24, 2.45) is 0 Å². The van der Waals surface area contributed by atoms with Crippen LogP contribution in [0.5, 0.6) is 11.5 Å². The number of methoxy groups -OCH3 is 2. The third kappa shape index (κ3) is 4.23. The molecule has 0 spiro atoms. The molecule has 0 saturated carbocycles. The zero-order valence-corrected chi connectivity index (χ0v) is 16.7. The molecular formula is C21H25N5O3. The average molecular weight is 395 g/mol. The Balaban J connectivity index is 1.73. The van der Waals surface area contributed by atoms with Crippen LogP contribution in [0.15, 0.2) is 48.5 Å². The highest BCUT2D eigenvalue weighted by Gasteiger charge is 2.30. The molecule has 0 aliphatic carbocycles. The van der Waals surface area contributed by atoms with Gasteiger partial charge < -0.3 is 14.2 Å². The molecule has 1 aromatic heterocycles. The minimum absolute atomic E-state index is 0.114. The molecule has 29 heavy (non-hydrogen) atoms. The minimum Gasteiger partial charge on any atom is -0.493 e. The van der Waals surface area contributed by atoms with Crippen molar-refractivity contribution in [2.45, 2.75) is 12.6 Å². The Morgan fingerprint density at radius 3 is 2.48 bits per heavy atom. The van der Waals surface area contributed by atoms with Gasteiger partial charge in [0.25, 0.3) is 0 Å². The van der Waals surface area contributed by atoms with Crippen LogP contribution >= 0.6 is 0 Å². The van der Waals surface area contributed by atoms with E-state index in [0.29, 0.717) is 31.3 Å². The topological polar surface area (TPSA) is 74.5 Å². The van der Waals surface area contributed by atoms with Gasteiger partial charge >= 0.3 is 0 Å². The molecule has 1 atom stereocenters. The lowest BCUT2D eigenvalue weighted by atomic mass is 10.0. The van der Waals surface area contributed by atoms with E-state index in [-0.39, 0.29) is 6.04 Å². The molecule has 0 amide bonds. The first-order valence-corrected chi connectivity index (χ1v) is 9.64. The summed E-state index contributed by atoms with van der Waals surface area (Å²) in [6.45, 7) is 3.58. The van der Waals surface area contributed by atoms with Crippen molar-refractivity contribution in [3.05, 3.63) is 65.5 Å². The number of ether oxygens (including phenoxy) is 3. The molecule has 0 N–H and O–H groups in total. The number of aromatic nitrogens is 4. The standard InChI is InChI=1S/C21H25N5O3/c1-27-18-9-8-17(14-19(18)28-2)20(25-10-12-29-13-11-25)21-22-23-24-26(21)15-16-6-4-3-5-7-16/h3-9,14,20H,10-13,15H2,1-2H3/t20-/m1/s1. The first-order valence-electron chi connectivity index (χ1n) is 9.64. The summed E-state index contributed by atoms with van der Waals surface area (Å²) in [5.74, 6) is 2.18. The molecule has 0 bridgehead atoms. The zero-order chi connectivity index (χ0) is 20.1. The molecule has 1 aliphatic heterocycles. The van der Waals surface area contributed by atoms with Crippen molar-refractivity contribution in [1.82, 2.24) is 25.1 Å². The summed E-state index contributed by atoms with van der Waals surface area (Å²) in [7, 11) is 3.28. The maximum atomic E-state index is 5.57. The first-order chi connectivity index (χ1) is 14.3. The number of hydrogen-bond acceptors (Lipinski definition) is 7. The summed E-state index contributed by atoms with van der Waals surface area (Å²) in [4.78, 5) is 2.35. The van der Waals surface area contributed by atoms with E-state index in [9.17, 15) is 0 Å². The highest BCUT2D eigenvalue weighted by molar-refractivity contribution is 5.45. The average Bonchev–Trinajstić information content (AvgIpc) is 3.23. The highest BCUT2D eigenvalue weighted by atomic mass is 16.5. The van der Waals surface area contributed by atoms with Gasteiger partial charge in [-0.05, 0) is 33.7 Å². The Bertz CT molecular complexity index is 925. The van der Waals surface area contributed by atoms with Gasteiger partial charge in [0.2, 0.25) is 0 Å². The largest absolute Gasteiger partial charge is 0.493 e. The predicted octanol–water partition coefficient (Wildman–Crippen LogP) is 2.16. The first kappa shape index (κ1) is 19.4. The summed E-state index contributed by atoms with van der Waals surface area (Å²) in [5, 5.41) is 12.7. The van der Waals surface area contributed by atoms with Crippen LogP contribution in [-0.4, -0.2) is 65.6 Å². The van der Waals surface area contributed by atoms with Crippen LogP contribution in [0.3, 0.4) is 0 Å². The second-order valence-electron chi connectivity index (χ2n) is 6.85. The maximum absolute atomic E-state index is 5.57. The van der Waals surface area contributed by atoms with Gasteiger partial charge in [0, 0.05) is 13.1 Å². The molecule has 4 rings (SSSR count). The molecule has 2 aromatic carbocycles. The smallest absolute Gasteiger partial charge is 0.173 e. The van der Waals surface area contributed by atoms with Crippen LogP contribution in [0.4, 0.5) is 0 Å². The van der Waals surface area contributed by atoms with Crippen LogP contribution in [0.25, 0.3) is 0 Å². The van der Waals surface area contributed by atoms with Crippen molar-refractivity contribution < 1.29 is 14.2 Å². The molecule has 1 fully saturated rings. The van der Waals surface area contributed by atoms with Crippen LogP contribution in [0, 0.1) is 0 Å². The maximum Gasteiger partial charge on any atom is 0.173 e. The predicted molar refractivity (Wildman–Crippen MR) is 107 cm³/mol. The number of nitrogens with zero attached hydrogens (tertiary/aromatic N) is 5. The fourth-order valence-electron chi connectivity index (χ4n) is 3.66. The lowest BCUT2D eigenvalue weighted by molar-refractivity contribution is 0.0216. The summed E-state index contributed by atoms with van der Waals surface area (Å²) in [6, 6.07) is 16.1. The van der Waals surface area contributed by atoms with Gasteiger partial charge in [-0.2, -0.15) is 0 Å². The molecule has 152 valence electrons. The Morgan fingerprint density at radius 1 is 1.00 bits per heavy atom. The van der Waals surface area contributed by atoms with E-state index in [1.54, 1.807) is 14.2 Å². The Kier molecular flexibility index (Phi) is 6.02. The van der Waals surface area contributed by atoms with Gasteiger partial charge in [-0.25, -0.2) is 4.68 Å². The van der Waals surface area contributed by atoms with Crippen molar-refractivity contribution in [3.63, 3.8) is 0 Å². The molecular weight excluding hydrogens is 370 g/mol. The monoisotopic (exact) mass is 395 g/mol. The Hall–Kier alpha value is -2.97. The van der Waals surface area contributed by atoms with Gasteiger partial charge in [0.15, 0.2) is 17.3 Å².